The van der Waals surface area contributed by atoms with Gasteiger partial charge in [0.25, 0.3) is 5.91 Å². The van der Waals surface area contributed by atoms with Crippen LogP contribution in [0.3, 0.4) is 0 Å². The van der Waals surface area contributed by atoms with Crippen LogP contribution in [0, 0.1) is 12.3 Å². The second-order valence-electron chi connectivity index (χ2n) is 5.68. The van der Waals surface area contributed by atoms with Crippen molar-refractivity contribution in [3.8, 4) is 0 Å². The predicted molar refractivity (Wildman–Crippen MR) is 76.7 cm³/mol. The van der Waals surface area contributed by atoms with Gasteiger partial charge in [-0.1, -0.05) is 0 Å². The van der Waals surface area contributed by atoms with E-state index in [2.05, 4.69) is 10.3 Å². The van der Waals surface area contributed by atoms with Gasteiger partial charge < -0.3 is 10.2 Å². The SMILES string of the molecule is Cc1nc(C(=O)N2CCC[C@@]3(CCNC3=O)CC2)cs1. The van der Waals surface area contributed by atoms with Gasteiger partial charge in [-0.05, 0) is 32.6 Å². The molecule has 2 fully saturated rings. The lowest BCUT2D eigenvalue weighted by Gasteiger charge is -2.24. The smallest absolute Gasteiger partial charge is 0.273 e. The van der Waals surface area contributed by atoms with Crippen LogP contribution in [0.4, 0.5) is 0 Å². The first-order valence-electron chi connectivity index (χ1n) is 7.10. The average Bonchev–Trinajstić information content (AvgIpc) is 2.93. The van der Waals surface area contributed by atoms with Gasteiger partial charge in [0, 0.05) is 25.0 Å². The maximum Gasteiger partial charge on any atom is 0.273 e. The molecule has 0 radical (unpaired) electrons. The number of nitrogens with one attached hydrogen (secondary N) is 1. The first kappa shape index (κ1) is 13.5. The van der Waals surface area contributed by atoms with E-state index < -0.39 is 0 Å². The molecule has 2 amide bonds. The minimum atomic E-state index is -0.229. The zero-order valence-corrected chi connectivity index (χ0v) is 12.5. The molecule has 3 rings (SSSR count). The Bertz CT molecular complexity index is 542. The number of likely N-dealkylation sites (tertiary alicyclic amines) is 1. The van der Waals surface area contributed by atoms with Crippen molar-refractivity contribution in [1.29, 1.82) is 0 Å². The first-order chi connectivity index (χ1) is 9.61. The molecule has 0 aliphatic carbocycles. The van der Waals surface area contributed by atoms with Crippen LogP contribution in [0.5, 0.6) is 0 Å². The molecule has 2 aliphatic heterocycles. The lowest BCUT2D eigenvalue weighted by Crippen LogP contribution is -2.35. The first-order valence-corrected chi connectivity index (χ1v) is 7.98. The molecule has 3 heterocycles. The fraction of sp³-hybridized carbons (Fsp3) is 0.643. The van der Waals surface area contributed by atoms with E-state index in [4.69, 9.17) is 0 Å². The maximum absolute atomic E-state index is 12.4. The summed E-state index contributed by atoms with van der Waals surface area (Å²) in [5.74, 6) is 0.182. The largest absolute Gasteiger partial charge is 0.356 e. The van der Waals surface area contributed by atoms with Crippen LogP contribution in [0.1, 0.15) is 41.2 Å². The summed E-state index contributed by atoms with van der Waals surface area (Å²) >= 11 is 1.50. The molecular weight excluding hydrogens is 274 g/mol. The number of rotatable bonds is 1. The number of carbonyl (C=O) groups is 2. The molecule has 20 heavy (non-hydrogen) atoms. The quantitative estimate of drug-likeness (QED) is 0.855. The highest BCUT2D eigenvalue weighted by molar-refractivity contribution is 7.09. The molecule has 6 heteroatoms. The summed E-state index contributed by atoms with van der Waals surface area (Å²) in [5, 5.41) is 5.67. The number of amides is 2. The third-order valence-corrected chi connectivity index (χ3v) is 5.21. The number of hydrogen-bond acceptors (Lipinski definition) is 4. The van der Waals surface area contributed by atoms with Crippen LogP contribution in [-0.2, 0) is 4.79 Å². The van der Waals surface area contributed by atoms with E-state index in [0.29, 0.717) is 12.2 Å². The van der Waals surface area contributed by atoms with Crippen LogP contribution in [0.15, 0.2) is 5.38 Å². The van der Waals surface area contributed by atoms with E-state index in [1.807, 2.05) is 17.2 Å². The number of hydrogen-bond donors (Lipinski definition) is 1. The molecular formula is C14H19N3O2S. The normalized spacial score (nSPS) is 26.6. The van der Waals surface area contributed by atoms with Crippen molar-refractivity contribution in [2.45, 2.75) is 32.6 Å². The average molecular weight is 293 g/mol. The van der Waals surface area contributed by atoms with Gasteiger partial charge in [0.05, 0.1) is 10.4 Å². The lowest BCUT2D eigenvalue weighted by molar-refractivity contribution is -0.128. The van der Waals surface area contributed by atoms with E-state index in [9.17, 15) is 9.59 Å². The summed E-state index contributed by atoms with van der Waals surface area (Å²) in [5.41, 5.74) is 0.312. The maximum atomic E-state index is 12.4. The van der Waals surface area contributed by atoms with Gasteiger partial charge in [-0.3, -0.25) is 9.59 Å². The van der Waals surface area contributed by atoms with E-state index >= 15 is 0 Å². The topological polar surface area (TPSA) is 62.3 Å². The van der Waals surface area contributed by atoms with Crippen molar-refractivity contribution in [3.05, 3.63) is 16.1 Å². The molecule has 1 aromatic rings. The molecule has 0 aromatic carbocycles. The molecule has 1 atom stereocenters. The van der Waals surface area contributed by atoms with E-state index in [0.717, 1.165) is 43.8 Å². The molecule has 2 aliphatic rings. The lowest BCUT2D eigenvalue weighted by atomic mass is 9.79. The third kappa shape index (κ3) is 2.32. The van der Waals surface area contributed by atoms with E-state index in [1.165, 1.54) is 11.3 Å². The zero-order chi connectivity index (χ0) is 14.2. The van der Waals surface area contributed by atoms with Crippen LogP contribution >= 0.6 is 11.3 Å². The van der Waals surface area contributed by atoms with Crippen molar-refractivity contribution >= 4 is 23.2 Å². The highest BCUT2D eigenvalue weighted by Gasteiger charge is 2.43. The fourth-order valence-electron chi connectivity index (χ4n) is 3.21. The minimum absolute atomic E-state index is 0.00445. The van der Waals surface area contributed by atoms with Gasteiger partial charge in [-0.25, -0.2) is 4.98 Å². The molecule has 1 N–H and O–H groups in total. The zero-order valence-electron chi connectivity index (χ0n) is 11.6. The Labute approximate surface area is 122 Å². The highest BCUT2D eigenvalue weighted by Crippen LogP contribution is 2.38. The molecule has 2 saturated heterocycles. The third-order valence-electron chi connectivity index (χ3n) is 4.44. The minimum Gasteiger partial charge on any atom is -0.356 e. The number of aryl methyl sites for hydroxylation is 1. The second kappa shape index (κ2) is 5.16. The Hall–Kier alpha value is -1.43. The summed E-state index contributed by atoms with van der Waals surface area (Å²) in [6.07, 6.45) is 3.46. The number of thiazole rings is 1. The van der Waals surface area contributed by atoms with Gasteiger partial charge in [0.15, 0.2) is 0 Å². The molecule has 1 aromatic heterocycles. The standard InChI is InChI=1S/C14H19N3O2S/c1-10-16-11(9-20-10)12(18)17-7-2-3-14(5-8-17)4-6-15-13(14)19/h9H,2-8H2,1H3,(H,15,19)/t14-/m1/s1. The Morgan fingerprint density at radius 3 is 2.90 bits per heavy atom. The Morgan fingerprint density at radius 2 is 2.25 bits per heavy atom. The second-order valence-corrected chi connectivity index (χ2v) is 6.75. The number of carbonyl (C=O) groups excluding carboxylic acids is 2. The molecule has 5 nitrogen and oxygen atoms in total. The van der Waals surface area contributed by atoms with Crippen LogP contribution in [0.2, 0.25) is 0 Å². The van der Waals surface area contributed by atoms with Crippen LogP contribution in [-0.4, -0.2) is 41.3 Å². The highest BCUT2D eigenvalue weighted by atomic mass is 32.1. The molecule has 0 unspecified atom stereocenters. The van der Waals surface area contributed by atoms with Gasteiger partial charge >= 0.3 is 0 Å². The van der Waals surface area contributed by atoms with Gasteiger partial charge in [0.1, 0.15) is 5.69 Å². The van der Waals surface area contributed by atoms with Crippen molar-refractivity contribution in [1.82, 2.24) is 15.2 Å². The van der Waals surface area contributed by atoms with Gasteiger partial charge in [0.2, 0.25) is 5.91 Å². The van der Waals surface area contributed by atoms with E-state index in [-0.39, 0.29) is 17.2 Å². The van der Waals surface area contributed by atoms with Gasteiger partial charge in [-0.15, -0.1) is 11.3 Å². The number of nitrogens with zero attached hydrogens (tertiary/aromatic N) is 2. The van der Waals surface area contributed by atoms with Crippen LogP contribution in [0.25, 0.3) is 0 Å². The van der Waals surface area contributed by atoms with Crippen molar-refractivity contribution in [2.24, 2.45) is 5.41 Å². The summed E-state index contributed by atoms with van der Waals surface area (Å²) in [7, 11) is 0. The molecule has 0 bridgehead atoms. The van der Waals surface area contributed by atoms with E-state index in [1.54, 1.807) is 0 Å². The molecule has 0 saturated carbocycles. The molecule has 1 spiro atoms. The molecule has 108 valence electrons. The summed E-state index contributed by atoms with van der Waals surface area (Å²) in [6, 6.07) is 0. The Balaban J connectivity index is 1.71. The Morgan fingerprint density at radius 1 is 1.40 bits per heavy atom. The summed E-state index contributed by atoms with van der Waals surface area (Å²) < 4.78 is 0. The van der Waals surface area contributed by atoms with Crippen molar-refractivity contribution < 1.29 is 9.59 Å². The summed E-state index contributed by atoms with van der Waals surface area (Å²) in [4.78, 5) is 30.6. The number of aromatic nitrogens is 1. The predicted octanol–water partition coefficient (Wildman–Crippen LogP) is 1.58. The fourth-order valence-corrected chi connectivity index (χ4v) is 3.80. The van der Waals surface area contributed by atoms with Crippen LogP contribution < -0.4 is 5.32 Å². The monoisotopic (exact) mass is 293 g/mol. The summed E-state index contributed by atoms with van der Waals surface area (Å²) in [6.45, 7) is 4.06. The van der Waals surface area contributed by atoms with Crippen molar-refractivity contribution in [3.63, 3.8) is 0 Å². The van der Waals surface area contributed by atoms with Crippen molar-refractivity contribution in [2.75, 3.05) is 19.6 Å². The Kier molecular flexibility index (Phi) is 3.50. The van der Waals surface area contributed by atoms with Gasteiger partial charge in [-0.2, -0.15) is 0 Å².